The van der Waals surface area contributed by atoms with Crippen molar-refractivity contribution in [1.82, 2.24) is 15.2 Å². The lowest BCUT2D eigenvalue weighted by molar-refractivity contribution is -0.150. The molecule has 2 aromatic rings. The Kier molecular flexibility index (Phi) is 10.3. The van der Waals surface area contributed by atoms with Crippen LogP contribution in [0.4, 0.5) is 0 Å². The van der Waals surface area contributed by atoms with Crippen LogP contribution in [-0.2, 0) is 19.1 Å². The molecule has 2 aliphatic heterocycles. The summed E-state index contributed by atoms with van der Waals surface area (Å²) in [6.07, 6.45) is 11.7. The number of rotatable bonds is 6. The molecule has 232 valence electrons. The molecule has 0 spiro atoms. The predicted octanol–water partition coefficient (Wildman–Crippen LogP) is 3.94. The molecule has 11 heteroatoms. The molecule has 1 saturated carbocycles. The summed E-state index contributed by atoms with van der Waals surface area (Å²) in [5, 5.41) is 4.61. The van der Waals surface area contributed by atoms with Gasteiger partial charge in [-0.05, 0) is 56.2 Å². The Labute approximate surface area is 258 Å². The number of aromatic nitrogens is 1. The molecular weight excluding hydrogens is 572 g/mol. The molecular formula is C32H41ClN4O6. The molecule has 2 fully saturated rings. The second-order valence-corrected chi connectivity index (χ2v) is 11.3. The molecule has 3 N–H and O–H groups in total. The van der Waals surface area contributed by atoms with Gasteiger partial charge in [0.05, 0.1) is 26.3 Å². The molecule has 43 heavy (non-hydrogen) atoms. The summed E-state index contributed by atoms with van der Waals surface area (Å²) in [5.41, 5.74) is 6.02. The van der Waals surface area contributed by atoms with Crippen molar-refractivity contribution in [3.63, 3.8) is 0 Å². The smallest absolute Gasteiger partial charge is 0.332 e. The number of carbonyl (C=O) groups excluding carboxylic acids is 3. The van der Waals surface area contributed by atoms with Crippen molar-refractivity contribution in [2.45, 2.75) is 75.6 Å². The van der Waals surface area contributed by atoms with Gasteiger partial charge < -0.3 is 30.2 Å². The zero-order valence-electron chi connectivity index (χ0n) is 24.8. The molecule has 0 bridgehead atoms. The van der Waals surface area contributed by atoms with Gasteiger partial charge in [-0.3, -0.25) is 9.59 Å². The first-order valence-corrected chi connectivity index (χ1v) is 14.8. The number of hydrogen-bond acceptors (Lipinski definition) is 8. The Bertz CT molecular complexity index is 1400. The molecule has 2 amide bonds. The Morgan fingerprint density at radius 1 is 1.28 bits per heavy atom. The molecule has 5 rings (SSSR count). The molecule has 1 aromatic carbocycles. The van der Waals surface area contributed by atoms with Crippen molar-refractivity contribution in [2.24, 2.45) is 11.7 Å². The van der Waals surface area contributed by atoms with Crippen LogP contribution in [0.3, 0.4) is 0 Å². The number of nitrogens with one attached hydrogen (secondary N) is 1. The van der Waals surface area contributed by atoms with E-state index in [1.807, 2.05) is 24.3 Å². The van der Waals surface area contributed by atoms with Gasteiger partial charge in [-0.2, -0.15) is 0 Å². The Hall–Kier alpha value is -3.63. The van der Waals surface area contributed by atoms with Crippen LogP contribution in [0.2, 0.25) is 0 Å². The molecule has 1 aromatic heterocycles. The Morgan fingerprint density at radius 3 is 2.84 bits per heavy atom. The fourth-order valence-electron chi connectivity index (χ4n) is 6.07. The lowest BCUT2D eigenvalue weighted by atomic mass is 10.1. The van der Waals surface area contributed by atoms with Crippen molar-refractivity contribution in [3.8, 4) is 11.6 Å². The molecule has 3 aliphatic rings. The third-order valence-electron chi connectivity index (χ3n) is 8.50. The lowest BCUT2D eigenvalue weighted by Gasteiger charge is -2.28. The topological polar surface area (TPSA) is 133 Å². The van der Waals surface area contributed by atoms with E-state index in [-0.39, 0.29) is 43.8 Å². The first-order chi connectivity index (χ1) is 20.3. The number of ether oxygens (including phenoxy) is 3. The van der Waals surface area contributed by atoms with E-state index in [4.69, 9.17) is 19.9 Å². The van der Waals surface area contributed by atoms with Crippen LogP contribution in [0.25, 0.3) is 16.8 Å². The maximum Gasteiger partial charge on any atom is 0.332 e. The van der Waals surface area contributed by atoms with E-state index in [0.717, 1.165) is 42.0 Å². The molecule has 3 heterocycles. The van der Waals surface area contributed by atoms with Gasteiger partial charge in [0, 0.05) is 29.5 Å². The van der Waals surface area contributed by atoms with E-state index in [9.17, 15) is 14.4 Å². The van der Waals surface area contributed by atoms with Crippen LogP contribution in [0.1, 0.15) is 57.4 Å². The van der Waals surface area contributed by atoms with Crippen LogP contribution >= 0.6 is 12.4 Å². The summed E-state index contributed by atoms with van der Waals surface area (Å²) in [4.78, 5) is 46.4. The van der Waals surface area contributed by atoms with E-state index >= 15 is 0 Å². The number of nitrogens with zero attached hydrogens (tertiary/aromatic N) is 2. The summed E-state index contributed by atoms with van der Waals surface area (Å²) in [5.74, 6) is -0.242. The van der Waals surface area contributed by atoms with Crippen LogP contribution < -0.4 is 20.5 Å². The summed E-state index contributed by atoms with van der Waals surface area (Å²) in [6, 6.07) is 4.07. The van der Waals surface area contributed by atoms with Crippen LogP contribution in [0, 0.1) is 5.92 Å². The number of pyridine rings is 1. The quantitative estimate of drug-likeness (QED) is 0.370. The molecule has 1 aliphatic carbocycles. The van der Waals surface area contributed by atoms with Gasteiger partial charge in [0.25, 0.3) is 0 Å². The average molecular weight is 613 g/mol. The maximum absolute atomic E-state index is 13.8. The largest absolute Gasteiger partial charge is 0.496 e. The van der Waals surface area contributed by atoms with Crippen molar-refractivity contribution in [3.05, 3.63) is 48.7 Å². The van der Waals surface area contributed by atoms with Crippen molar-refractivity contribution < 1.29 is 28.6 Å². The molecule has 0 unspecified atom stereocenters. The summed E-state index contributed by atoms with van der Waals surface area (Å²) < 4.78 is 17.2. The van der Waals surface area contributed by atoms with Gasteiger partial charge in [0.2, 0.25) is 17.7 Å². The number of methoxy groups -OCH3 is 1. The second-order valence-electron chi connectivity index (χ2n) is 11.3. The number of amides is 2. The van der Waals surface area contributed by atoms with Crippen molar-refractivity contribution >= 4 is 47.0 Å². The third kappa shape index (κ3) is 6.65. The van der Waals surface area contributed by atoms with Crippen LogP contribution in [0.5, 0.6) is 11.6 Å². The molecule has 5 atom stereocenters. The highest BCUT2D eigenvalue weighted by atomic mass is 35.5. The number of allylic oxidation sites excluding steroid dienone is 1. The molecule has 0 radical (unpaired) electrons. The van der Waals surface area contributed by atoms with E-state index < -0.39 is 35.6 Å². The van der Waals surface area contributed by atoms with E-state index in [1.165, 1.54) is 4.90 Å². The molecule has 1 saturated heterocycles. The first-order valence-electron chi connectivity index (χ1n) is 14.8. The van der Waals surface area contributed by atoms with Gasteiger partial charge in [-0.25, -0.2) is 9.78 Å². The summed E-state index contributed by atoms with van der Waals surface area (Å²) in [7, 11) is 1.60. The fourth-order valence-corrected chi connectivity index (χ4v) is 6.07. The molecule has 10 nitrogen and oxygen atoms in total. The van der Waals surface area contributed by atoms with Crippen LogP contribution in [-0.4, -0.2) is 71.7 Å². The highest BCUT2D eigenvalue weighted by Crippen LogP contribution is 2.46. The highest BCUT2D eigenvalue weighted by Gasteiger charge is 2.62. The number of esters is 1. The third-order valence-corrected chi connectivity index (χ3v) is 8.50. The number of hydrogen-bond donors (Lipinski definition) is 2. The summed E-state index contributed by atoms with van der Waals surface area (Å²) >= 11 is 0. The predicted molar refractivity (Wildman–Crippen MR) is 166 cm³/mol. The average Bonchev–Trinajstić information content (AvgIpc) is 3.52. The monoisotopic (exact) mass is 612 g/mol. The number of benzene rings is 1. The maximum atomic E-state index is 13.8. The van der Waals surface area contributed by atoms with Gasteiger partial charge in [0.15, 0.2) is 0 Å². The fraction of sp³-hybridized carbons (Fsp3) is 0.500. The first kappa shape index (κ1) is 32.3. The van der Waals surface area contributed by atoms with Gasteiger partial charge in [0.1, 0.15) is 23.4 Å². The Balaban J connectivity index is 0.00000423. The van der Waals surface area contributed by atoms with Gasteiger partial charge >= 0.3 is 5.97 Å². The lowest BCUT2D eigenvalue weighted by Crippen LogP contribution is -2.55. The highest BCUT2D eigenvalue weighted by molar-refractivity contribution is 5.96. The van der Waals surface area contributed by atoms with Crippen molar-refractivity contribution in [2.75, 3.05) is 20.3 Å². The number of fused-ring (bicyclic) bond motifs is 3. The van der Waals surface area contributed by atoms with Gasteiger partial charge in [-0.15, -0.1) is 12.4 Å². The van der Waals surface area contributed by atoms with E-state index in [0.29, 0.717) is 24.5 Å². The van der Waals surface area contributed by atoms with Crippen molar-refractivity contribution in [1.29, 1.82) is 0 Å². The Morgan fingerprint density at radius 2 is 2.09 bits per heavy atom. The minimum Gasteiger partial charge on any atom is -0.496 e. The zero-order valence-corrected chi connectivity index (χ0v) is 25.6. The second kappa shape index (κ2) is 13.8. The number of nitrogens with two attached hydrogens (primary N) is 1. The van der Waals surface area contributed by atoms with E-state index in [2.05, 4.69) is 23.0 Å². The number of carbonyl (C=O) groups is 3. The number of halogens is 1. The zero-order chi connectivity index (χ0) is 29.9. The standard InChI is InChI=1S/C32H40N4O6.ClH/c1-4-20-15-24-21(16-27(20)40-3)13-14-34-29(24)42-23-17-26-28(37)35-32(31(39)41-5-2)18-22(32)11-9-7-6-8-10-12-25(33)30(38)36(26)19-23;/h4,9,11,13-16,22-23,25-26H,1,5-8,10,12,17-19,33H2,2-3H3,(H,35,37);1H/b11-9-;/t22-,23-,25+,26+,32-;/m1./s1. The minimum atomic E-state index is -1.13. The minimum absolute atomic E-state index is 0. The SMILES string of the molecule is C=Cc1cc2c(O[C@@H]3C[C@H]4C(=O)N[C@]5(C(=O)OCC)C[C@H]5/C=C\CCCCC[C@H](N)C(=O)N4C3)nccc2cc1OC.Cl. The van der Waals surface area contributed by atoms with E-state index in [1.54, 1.807) is 26.3 Å². The normalized spacial score (nSPS) is 28.2. The summed E-state index contributed by atoms with van der Waals surface area (Å²) in [6.45, 7) is 6.00. The van der Waals surface area contributed by atoms with Crippen LogP contribution in [0.15, 0.2) is 43.1 Å². The van der Waals surface area contributed by atoms with Gasteiger partial charge in [-0.1, -0.05) is 37.6 Å².